The molecule has 0 aromatic heterocycles. The van der Waals surface area contributed by atoms with E-state index in [1.807, 2.05) is 0 Å². The predicted octanol–water partition coefficient (Wildman–Crippen LogP) is 4.39. The van der Waals surface area contributed by atoms with Crippen LogP contribution in [0.5, 0.6) is 0 Å². The third-order valence-corrected chi connectivity index (χ3v) is 7.07. The number of benzene rings is 2. The van der Waals surface area contributed by atoms with Gasteiger partial charge in [0.15, 0.2) is 0 Å². The minimum absolute atomic E-state index is 0.0106. The SMILES string of the molecule is CC#CCN1C(=O)N[C@@](Cc2cccc(F)c2)(C2CCN(Cc3c(F)cccc3Cl)CC2)C1=O. The number of piperidine rings is 1. The standard InChI is InChI=1S/C26H26ClF2N3O2/c1-2-3-12-32-24(33)26(30-25(32)34,16-18-6-4-7-20(28)15-18)19-10-13-31(14-11-19)17-21-22(27)8-5-9-23(21)29/h4-9,15,19H,10-14,16-17H2,1H3,(H,30,34)/t26-/m0/s1. The lowest BCUT2D eigenvalue weighted by atomic mass is 9.74. The summed E-state index contributed by atoms with van der Waals surface area (Å²) < 4.78 is 28.2. The van der Waals surface area contributed by atoms with Gasteiger partial charge in [0.1, 0.15) is 17.2 Å². The molecule has 0 spiro atoms. The van der Waals surface area contributed by atoms with Crippen molar-refractivity contribution in [1.29, 1.82) is 0 Å². The molecule has 34 heavy (non-hydrogen) atoms. The first-order valence-corrected chi connectivity index (χ1v) is 11.7. The molecule has 0 aliphatic carbocycles. The molecule has 2 saturated heterocycles. The Balaban J connectivity index is 1.56. The number of carbonyl (C=O) groups is 2. The lowest BCUT2D eigenvalue weighted by Gasteiger charge is -2.41. The van der Waals surface area contributed by atoms with Crippen LogP contribution in [0.1, 0.15) is 30.9 Å². The largest absolute Gasteiger partial charge is 0.325 e. The van der Waals surface area contributed by atoms with Crippen LogP contribution in [0.25, 0.3) is 0 Å². The monoisotopic (exact) mass is 485 g/mol. The van der Waals surface area contributed by atoms with Gasteiger partial charge >= 0.3 is 6.03 Å². The average molecular weight is 486 g/mol. The first-order chi connectivity index (χ1) is 16.3. The Kier molecular flexibility index (Phi) is 7.20. The van der Waals surface area contributed by atoms with Gasteiger partial charge in [-0.3, -0.25) is 14.6 Å². The maximum Gasteiger partial charge on any atom is 0.325 e. The number of nitrogens with one attached hydrogen (secondary N) is 1. The fourth-order valence-corrected chi connectivity index (χ4v) is 5.17. The highest BCUT2D eigenvalue weighted by Gasteiger charge is 2.55. The van der Waals surface area contributed by atoms with Gasteiger partial charge in [-0.1, -0.05) is 35.7 Å². The second-order valence-corrected chi connectivity index (χ2v) is 9.18. The quantitative estimate of drug-likeness (QED) is 0.488. The minimum Gasteiger partial charge on any atom is -0.322 e. The molecule has 5 nitrogen and oxygen atoms in total. The van der Waals surface area contributed by atoms with Crippen LogP contribution in [0.4, 0.5) is 13.6 Å². The van der Waals surface area contributed by atoms with Crippen molar-refractivity contribution in [3.05, 3.63) is 70.2 Å². The third-order valence-electron chi connectivity index (χ3n) is 6.72. The van der Waals surface area contributed by atoms with Crippen molar-refractivity contribution in [2.45, 2.75) is 38.3 Å². The molecule has 3 amide bonds. The summed E-state index contributed by atoms with van der Waals surface area (Å²) in [5.74, 6) is 4.27. The topological polar surface area (TPSA) is 52.7 Å². The lowest BCUT2D eigenvalue weighted by molar-refractivity contribution is -0.133. The molecule has 2 aromatic carbocycles. The number of urea groups is 1. The second-order valence-electron chi connectivity index (χ2n) is 8.78. The van der Waals surface area contributed by atoms with Crippen molar-refractivity contribution < 1.29 is 18.4 Å². The molecule has 0 bridgehead atoms. The van der Waals surface area contributed by atoms with Crippen LogP contribution in [-0.4, -0.2) is 46.9 Å². The molecule has 1 atom stereocenters. The number of hydrogen-bond donors (Lipinski definition) is 1. The van der Waals surface area contributed by atoms with Crippen LogP contribution in [-0.2, 0) is 17.8 Å². The van der Waals surface area contributed by atoms with E-state index in [4.69, 9.17) is 11.6 Å². The molecule has 2 fully saturated rings. The van der Waals surface area contributed by atoms with Crippen molar-refractivity contribution in [3.63, 3.8) is 0 Å². The predicted molar refractivity (Wildman–Crippen MR) is 126 cm³/mol. The number of likely N-dealkylation sites (tertiary alicyclic amines) is 1. The van der Waals surface area contributed by atoms with Crippen molar-refractivity contribution >= 4 is 23.5 Å². The van der Waals surface area contributed by atoms with Crippen molar-refractivity contribution in [2.75, 3.05) is 19.6 Å². The van der Waals surface area contributed by atoms with Crippen LogP contribution in [0, 0.1) is 29.4 Å². The Hall–Kier alpha value is -2.95. The van der Waals surface area contributed by atoms with Crippen LogP contribution in [0.3, 0.4) is 0 Å². The molecule has 1 N–H and O–H groups in total. The van der Waals surface area contributed by atoms with E-state index in [-0.39, 0.29) is 30.6 Å². The van der Waals surface area contributed by atoms with Gasteiger partial charge in [-0.2, -0.15) is 0 Å². The summed E-state index contributed by atoms with van der Waals surface area (Å²) in [5.41, 5.74) is -0.0912. The maximum absolute atomic E-state index is 14.3. The van der Waals surface area contributed by atoms with Crippen LogP contribution >= 0.6 is 11.6 Å². The minimum atomic E-state index is -1.18. The Labute approximate surface area is 203 Å². The van der Waals surface area contributed by atoms with E-state index in [0.29, 0.717) is 48.6 Å². The first-order valence-electron chi connectivity index (χ1n) is 11.3. The molecule has 2 aliphatic rings. The molecule has 2 heterocycles. The number of amides is 3. The fourth-order valence-electron chi connectivity index (χ4n) is 4.95. The number of hydrogen-bond acceptors (Lipinski definition) is 3. The van der Waals surface area contributed by atoms with E-state index in [1.165, 1.54) is 18.2 Å². The summed E-state index contributed by atoms with van der Waals surface area (Å²) in [6, 6.07) is 10.3. The number of carbonyl (C=O) groups excluding carboxylic acids is 2. The molecule has 2 aromatic rings. The van der Waals surface area contributed by atoms with Crippen molar-refractivity contribution in [1.82, 2.24) is 15.1 Å². The van der Waals surface area contributed by atoms with Gasteiger partial charge in [0, 0.05) is 23.6 Å². The van der Waals surface area contributed by atoms with E-state index in [0.717, 1.165) is 4.90 Å². The first kappa shape index (κ1) is 24.2. The van der Waals surface area contributed by atoms with Crippen LogP contribution in [0.2, 0.25) is 5.02 Å². The van der Waals surface area contributed by atoms with Gasteiger partial charge in [0.2, 0.25) is 0 Å². The van der Waals surface area contributed by atoms with Gasteiger partial charge in [0.25, 0.3) is 5.91 Å². The summed E-state index contributed by atoms with van der Waals surface area (Å²) >= 11 is 6.19. The van der Waals surface area contributed by atoms with Crippen molar-refractivity contribution in [2.24, 2.45) is 5.92 Å². The summed E-state index contributed by atoms with van der Waals surface area (Å²) in [6.45, 7) is 3.25. The Morgan fingerprint density at radius 2 is 1.88 bits per heavy atom. The Bertz CT molecular complexity index is 1130. The summed E-state index contributed by atoms with van der Waals surface area (Å²) in [5, 5.41) is 3.33. The zero-order valence-corrected chi connectivity index (χ0v) is 19.7. The number of imide groups is 1. The van der Waals surface area contributed by atoms with Gasteiger partial charge in [-0.05, 0) is 68.6 Å². The van der Waals surface area contributed by atoms with Gasteiger partial charge in [-0.25, -0.2) is 13.6 Å². The molecular formula is C26H26ClF2N3O2. The second kappa shape index (κ2) is 10.1. The smallest absolute Gasteiger partial charge is 0.322 e. The van der Waals surface area contributed by atoms with Gasteiger partial charge in [-0.15, -0.1) is 5.92 Å². The van der Waals surface area contributed by atoms with E-state index in [1.54, 1.807) is 31.2 Å². The van der Waals surface area contributed by atoms with E-state index >= 15 is 0 Å². The average Bonchev–Trinajstić information content (AvgIpc) is 3.05. The lowest BCUT2D eigenvalue weighted by Crippen LogP contribution is -2.57. The van der Waals surface area contributed by atoms with Gasteiger partial charge in [0.05, 0.1) is 6.54 Å². The summed E-state index contributed by atoms with van der Waals surface area (Å²) in [6.07, 6.45) is 1.41. The molecule has 178 valence electrons. The molecule has 0 saturated carbocycles. The Morgan fingerprint density at radius 1 is 1.15 bits per heavy atom. The number of nitrogens with zero attached hydrogens (tertiary/aromatic N) is 2. The highest BCUT2D eigenvalue weighted by atomic mass is 35.5. The zero-order chi connectivity index (χ0) is 24.3. The van der Waals surface area contributed by atoms with Crippen LogP contribution < -0.4 is 5.32 Å². The molecule has 0 radical (unpaired) electrons. The summed E-state index contributed by atoms with van der Waals surface area (Å²) in [7, 11) is 0. The molecule has 2 aliphatic heterocycles. The highest BCUT2D eigenvalue weighted by molar-refractivity contribution is 6.31. The van der Waals surface area contributed by atoms with Gasteiger partial charge < -0.3 is 5.32 Å². The maximum atomic E-state index is 14.3. The normalized spacial score (nSPS) is 21.4. The van der Waals surface area contributed by atoms with E-state index < -0.39 is 17.4 Å². The fraction of sp³-hybridized carbons (Fsp3) is 0.385. The molecule has 0 unspecified atom stereocenters. The zero-order valence-electron chi connectivity index (χ0n) is 18.9. The molecule has 4 rings (SSSR count). The third kappa shape index (κ3) is 4.79. The number of rotatable bonds is 6. The summed E-state index contributed by atoms with van der Waals surface area (Å²) in [4.78, 5) is 29.6. The van der Waals surface area contributed by atoms with Crippen LogP contribution in [0.15, 0.2) is 42.5 Å². The highest BCUT2D eigenvalue weighted by Crippen LogP contribution is 2.37. The number of halogens is 3. The van der Waals surface area contributed by atoms with Crippen molar-refractivity contribution in [3.8, 4) is 11.8 Å². The molecule has 8 heteroatoms. The molecular weight excluding hydrogens is 460 g/mol. The van der Waals surface area contributed by atoms with E-state index in [2.05, 4.69) is 22.1 Å². The van der Waals surface area contributed by atoms with E-state index in [9.17, 15) is 18.4 Å². The Morgan fingerprint density at radius 3 is 2.56 bits per heavy atom.